The van der Waals surface area contributed by atoms with Crippen LogP contribution in [0.1, 0.15) is 16.2 Å². The van der Waals surface area contributed by atoms with E-state index in [1.165, 1.54) is 37.4 Å². The third kappa shape index (κ3) is 5.53. The Hall–Kier alpha value is -4.30. The molecule has 3 aromatic heterocycles. The third-order valence-electron chi connectivity index (χ3n) is 5.50. The predicted octanol–water partition coefficient (Wildman–Crippen LogP) is 7.05. The van der Waals surface area contributed by atoms with Crippen LogP contribution in [0.2, 0.25) is 5.02 Å². The Morgan fingerprint density at radius 1 is 1.02 bits per heavy atom. The van der Waals surface area contributed by atoms with Gasteiger partial charge in [0.25, 0.3) is 5.91 Å². The van der Waals surface area contributed by atoms with E-state index in [0.29, 0.717) is 27.1 Å². The molecular formula is C25H15ClF5N5O3S. The first-order valence-corrected chi connectivity index (χ1v) is 12.4. The molecule has 0 atom stereocenters. The number of nitrogens with zero attached hydrogens (tertiary/aromatic N) is 4. The van der Waals surface area contributed by atoms with Crippen molar-refractivity contribution in [2.75, 3.05) is 12.4 Å². The molecule has 0 saturated carbocycles. The molecule has 40 heavy (non-hydrogen) atoms. The average molecular weight is 596 g/mol. The maximum atomic E-state index is 14.0. The Morgan fingerprint density at radius 3 is 2.45 bits per heavy atom. The number of alkyl halides is 5. The standard InChI is InChI=1S/C25H15ClF5N5O3S/c1-38-15-4-2-3-13(9-15)16-10-18(25(29,30)31)36-21(32-16)19(26)20(35-36)22(37)34-24-33-17(11-40-24)12-5-7-14(8-6-12)39-23(27)28/h2-11,23H,1H3,(H,33,34,37). The summed E-state index contributed by atoms with van der Waals surface area (Å²) in [6.45, 7) is -2.96. The van der Waals surface area contributed by atoms with Gasteiger partial charge in [0.2, 0.25) is 0 Å². The summed E-state index contributed by atoms with van der Waals surface area (Å²) >= 11 is 7.36. The number of thiazole rings is 1. The van der Waals surface area contributed by atoms with Crippen molar-refractivity contribution in [2.24, 2.45) is 0 Å². The van der Waals surface area contributed by atoms with Crippen molar-refractivity contribution in [3.8, 4) is 34.0 Å². The van der Waals surface area contributed by atoms with Crippen LogP contribution in [0.5, 0.6) is 11.5 Å². The molecule has 0 radical (unpaired) electrons. The number of methoxy groups -OCH3 is 1. The normalized spacial score (nSPS) is 11.7. The third-order valence-corrected chi connectivity index (χ3v) is 6.61. The topological polar surface area (TPSA) is 90.6 Å². The van der Waals surface area contributed by atoms with Crippen LogP contribution in [0.15, 0.2) is 60.0 Å². The number of carbonyl (C=O) groups is 1. The van der Waals surface area contributed by atoms with Gasteiger partial charge in [0, 0.05) is 16.5 Å². The zero-order valence-corrected chi connectivity index (χ0v) is 21.6. The van der Waals surface area contributed by atoms with Gasteiger partial charge >= 0.3 is 12.8 Å². The van der Waals surface area contributed by atoms with Gasteiger partial charge < -0.3 is 9.47 Å². The van der Waals surface area contributed by atoms with Crippen molar-refractivity contribution in [3.63, 3.8) is 0 Å². The molecule has 5 aromatic rings. The minimum absolute atomic E-state index is 0.0367. The highest BCUT2D eigenvalue weighted by Crippen LogP contribution is 2.35. The zero-order valence-electron chi connectivity index (χ0n) is 20.0. The van der Waals surface area contributed by atoms with E-state index < -0.39 is 30.1 Å². The van der Waals surface area contributed by atoms with Crippen molar-refractivity contribution in [2.45, 2.75) is 12.8 Å². The maximum absolute atomic E-state index is 14.0. The van der Waals surface area contributed by atoms with Crippen molar-refractivity contribution in [1.29, 1.82) is 0 Å². The van der Waals surface area contributed by atoms with Crippen LogP contribution in [0.3, 0.4) is 0 Å². The lowest BCUT2D eigenvalue weighted by molar-refractivity contribution is -0.142. The van der Waals surface area contributed by atoms with Crippen LogP contribution >= 0.6 is 22.9 Å². The van der Waals surface area contributed by atoms with Crippen molar-refractivity contribution >= 4 is 39.6 Å². The predicted molar refractivity (Wildman–Crippen MR) is 137 cm³/mol. The van der Waals surface area contributed by atoms with Crippen molar-refractivity contribution in [3.05, 3.63) is 76.4 Å². The molecule has 15 heteroatoms. The van der Waals surface area contributed by atoms with Gasteiger partial charge in [-0.2, -0.15) is 27.1 Å². The van der Waals surface area contributed by atoms with Crippen molar-refractivity contribution < 1.29 is 36.2 Å². The SMILES string of the molecule is COc1cccc(-c2cc(C(F)(F)F)n3nc(C(=O)Nc4nc(-c5ccc(OC(F)F)cc5)cs4)c(Cl)c3n2)c1. The first kappa shape index (κ1) is 27.3. The Morgan fingerprint density at radius 2 is 1.77 bits per heavy atom. The van der Waals surface area contributed by atoms with Gasteiger partial charge in [-0.05, 0) is 42.5 Å². The summed E-state index contributed by atoms with van der Waals surface area (Å²) < 4.78 is 76.6. The number of aromatic nitrogens is 4. The molecule has 5 rings (SSSR count). The van der Waals surface area contributed by atoms with E-state index in [1.807, 2.05) is 0 Å². The van der Waals surface area contributed by atoms with E-state index in [1.54, 1.807) is 23.6 Å². The quantitative estimate of drug-likeness (QED) is 0.203. The number of carbonyl (C=O) groups excluding carboxylic acids is 1. The molecule has 0 saturated heterocycles. The van der Waals surface area contributed by atoms with Crippen LogP contribution < -0.4 is 14.8 Å². The molecule has 3 heterocycles. The van der Waals surface area contributed by atoms with Gasteiger partial charge in [0.05, 0.1) is 18.5 Å². The number of amides is 1. The van der Waals surface area contributed by atoms with E-state index in [0.717, 1.165) is 17.4 Å². The number of nitrogens with one attached hydrogen (secondary N) is 1. The monoisotopic (exact) mass is 595 g/mol. The Balaban J connectivity index is 1.46. The average Bonchev–Trinajstić information content (AvgIpc) is 3.52. The second-order valence-electron chi connectivity index (χ2n) is 8.05. The molecule has 1 amide bonds. The second kappa shape index (κ2) is 10.7. The van der Waals surface area contributed by atoms with Crippen LogP contribution in [0, 0.1) is 0 Å². The van der Waals surface area contributed by atoms with Crippen molar-refractivity contribution in [1.82, 2.24) is 19.6 Å². The van der Waals surface area contributed by atoms with Crippen LogP contribution in [0.4, 0.5) is 27.1 Å². The summed E-state index contributed by atoms with van der Waals surface area (Å²) in [5.41, 5.74) is -0.811. The number of benzene rings is 2. The van der Waals surface area contributed by atoms with Gasteiger partial charge in [-0.3, -0.25) is 10.1 Å². The molecule has 0 fully saturated rings. The van der Waals surface area contributed by atoms with E-state index in [4.69, 9.17) is 16.3 Å². The minimum Gasteiger partial charge on any atom is -0.497 e. The number of rotatable bonds is 7. The molecule has 0 aliphatic rings. The molecule has 0 bridgehead atoms. The Bertz CT molecular complexity index is 1710. The second-order valence-corrected chi connectivity index (χ2v) is 9.29. The highest BCUT2D eigenvalue weighted by Gasteiger charge is 2.37. The summed E-state index contributed by atoms with van der Waals surface area (Å²) in [7, 11) is 1.42. The fourth-order valence-electron chi connectivity index (χ4n) is 3.70. The first-order valence-electron chi connectivity index (χ1n) is 11.2. The number of hydrogen-bond acceptors (Lipinski definition) is 7. The van der Waals surface area contributed by atoms with Crippen LogP contribution in [-0.4, -0.2) is 39.2 Å². The number of halogens is 6. The largest absolute Gasteiger partial charge is 0.497 e. The van der Waals surface area contributed by atoms with Gasteiger partial charge in [0.15, 0.2) is 22.2 Å². The van der Waals surface area contributed by atoms with Gasteiger partial charge in [-0.15, -0.1) is 11.3 Å². The van der Waals surface area contributed by atoms with Gasteiger partial charge in [-0.25, -0.2) is 14.5 Å². The lowest BCUT2D eigenvalue weighted by Gasteiger charge is -2.11. The summed E-state index contributed by atoms with van der Waals surface area (Å²) in [5.74, 6) is -0.536. The molecule has 206 valence electrons. The fraction of sp³-hybridized carbons (Fsp3) is 0.120. The maximum Gasteiger partial charge on any atom is 0.433 e. The highest BCUT2D eigenvalue weighted by atomic mass is 35.5. The van der Waals surface area contributed by atoms with Gasteiger partial charge in [0.1, 0.15) is 16.5 Å². The van der Waals surface area contributed by atoms with Crippen LogP contribution in [-0.2, 0) is 6.18 Å². The van der Waals surface area contributed by atoms with E-state index in [-0.39, 0.29) is 27.2 Å². The van der Waals surface area contributed by atoms with E-state index >= 15 is 0 Å². The van der Waals surface area contributed by atoms with E-state index in [2.05, 4.69) is 25.1 Å². The van der Waals surface area contributed by atoms with E-state index in [9.17, 15) is 26.7 Å². The number of fused-ring (bicyclic) bond motifs is 1. The molecule has 8 nitrogen and oxygen atoms in total. The highest BCUT2D eigenvalue weighted by molar-refractivity contribution is 7.14. The number of hydrogen-bond donors (Lipinski definition) is 1. The zero-order chi connectivity index (χ0) is 28.6. The summed E-state index contributed by atoms with van der Waals surface area (Å²) in [6, 6.07) is 12.8. The molecular weight excluding hydrogens is 581 g/mol. The summed E-state index contributed by atoms with van der Waals surface area (Å²) in [5, 5.41) is 7.58. The fourth-order valence-corrected chi connectivity index (χ4v) is 4.66. The lowest BCUT2D eigenvalue weighted by Crippen LogP contribution is -2.15. The Labute approximate surface area is 231 Å². The molecule has 0 unspecified atom stereocenters. The number of anilines is 1. The summed E-state index contributed by atoms with van der Waals surface area (Å²) in [4.78, 5) is 21.5. The molecule has 1 N–H and O–H groups in total. The molecule has 0 spiro atoms. The lowest BCUT2D eigenvalue weighted by atomic mass is 10.1. The number of ether oxygens (including phenoxy) is 2. The molecule has 0 aliphatic carbocycles. The molecule has 0 aliphatic heterocycles. The molecule has 2 aromatic carbocycles. The minimum atomic E-state index is -4.85. The smallest absolute Gasteiger partial charge is 0.433 e. The summed E-state index contributed by atoms with van der Waals surface area (Å²) in [6.07, 6.45) is -4.85. The Kier molecular flexibility index (Phi) is 7.29. The van der Waals surface area contributed by atoms with Crippen LogP contribution in [0.25, 0.3) is 28.2 Å². The van der Waals surface area contributed by atoms with Gasteiger partial charge in [-0.1, -0.05) is 23.7 Å². The first-order chi connectivity index (χ1) is 19.0.